The number of hydrogen-bond acceptors (Lipinski definition) is 4. The number of hydrogen-bond donors (Lipinski definition) is 1. The summed E-state index contributed by atoms with van der Waals surface area (Å²) in [6.45, 7) is 1.26. The third kappa shape index (κ3) is 5.70. The summed E-state index contributed by atoms with van der Waals surface area (Å²) in [6, 6.07) is 4.05. The Labute approximate surface area is 155 Å². The van der Waals surface area contributed by atoms with Gasteiger partial charge in [0.05, 0.1) is 35.8 Å². The van der Waals surface area contributed by atoms with E-state index in [1.807, 2.05) is 0 Å². The van der Waals surface area contributed by atoms with E-state index in [1.54, 1.807) is 10.9 Å². The van der Waals surface area contributed by atoms with E-state index >= 15 is 0 Å². The highest BCUT2D eigenvalue weighted by atomic mass is 32.2. The first-order valence-corrected chi connectivity index (χ1v) is 10.2. The van der Waals surface area contributed by atoms with Crippen LogP contribution in [0.4, 0.5) is 18.9 Å². The van der Waals surface area contributed by atoms with Crippen molar-refractivity contribution in [2.75, 3.05) is 11.3 Å². The molecule has 2 heterocycles. The van der Waals surface area contributed by atoms with Crippen molar-refractivity contribution in [3.05, 3.63) is 47.8 Å². The van der Waals surface area contributed by atoms with E-state index in [9.17, 15) is 21.6 Å². The second kappa shape index (κ2) is 7.89. The van der Waals surface area contributed by atoms with Crippen LogP contribution in [0.2, 0.25) is 0 Å². The number of ether oxygens (including phenoxy) is 1. The molecule has 1 aliphatic heterocycles. The van der Waals surface area contributed by atoms with Crippen LogP contribution < -0.4 is 4.72 Å². The lowest BCUT2D eigenvalue weighted by Gasteiger charge is -2.22. The predicted octanol–water partition coefficient (Wildman–Crippen LogP) is 3.41. The third-order valence-corrected chi connectivity index (χ3v) is 5.47. The molecule has 1 fully saturated rings. The zero-order valence-corrected chi connectivity index (χ0v) is 15.3. The minimum absolute atomic E-state index is 0.0651. The third-order valence-electron chi connectivity index (χ3n) is 4.21. The maximum atomic E-state index is 12.6. The summed E-state index contributed by atoms with van der Waals surface area (Å²) in [7, 11) is -3.77. The number of anilines is 1. The van der Waals surface area contributed by atoms with E-state index in [-0.39, 0.29) is 11.7 Å². The summed E-state index contributed by atoms with van der Waals surface area (Å²) in [4.78, 5) is 0. The lowest BCUT2D eigenvalue weighted by atomic mass is 10.1. The number of nitrogens with one attached hydrogen (secondary N) is 1. The Morgan fingerprint density at radius 1 is 1.22 bits per heavy atom. The molecule has 0 aliphatic carbocycles. The number of benzene rings is 1. The van der Waals surface area contributed by atoms with Crippen LogP contribution >= 0.6 is 0 Å². The van der Waals surface area contributed by atoms with Gasteiger partial charge in [0.25, 0.3) is 0 Å². The van der Waals surface area contributed by atoms with Crippen LogP contribution in [-0.2, 0) is 33.2 Å². The van der Waals surface area contributed by atoms with Crippen LogP contribution in [0.15, 0.2) is 36.7 Å². The van der Waals surface area contributed by atoms with Gasteiger partial charge in [0.2, 0.25) is 10.0 Å². The maximum absolute atomic E-state index is 12.6. The molecule has 0 unspecified atom stereocenters. The maximum Gasteiger partial charge on any atom is 0.416 e. The lowest BCUT2D eigenvalue weighted by molar-refractivity contribution is -0.137. The smallest absolute Gasteiger partial charge is 0.376 e. The number of sulfonamides is 1. The summed E-state index contributed by atoms with van der Waals surface area (Å²) >= 11 is 0. The van der Waals surface area contributed by atoms with Gasteiger partial charge in [0.1, 0.15) is 0 Å². The summed E-state index contributed by atoms with van der Waals surface area (Å²) in [5.74, 6) is -0.429. The van der Waals surface area contributed by atoms with E-state index in [0.717, 1.165) is 50.1 Å². The standard InChI is InChI=1S/C17H20F3N3O3S/c18-17(19,20)14-6-4-13(5-7-14)12-27(24,25)22-15-9-21-23(10-15)11-16-3-1-2-8-26-16/h4-7,9-10,16,22H,1-3,8,11-12H2/t16-/m0/s1. The molecule has 6 nitrogen and oxygen atoms in total. The molecule has 1 atom stereocenters. The summed E-state index contributed by atoms with van der Waals surface area (Å²) < 4.78 is 71.8. The average molecular weight is 403 g/mol. The van der Waals surface area contributed by atoms with Crippen LogP contribution in [0, 0.1) is 0 Å². The van der Waals surface area contributed by atoms with Gasteiger partial charge < -0.3 is 4.74 Å². The van der Waals surface area contributed by atoms with Crippen molar-refractivity contribution in [1.29, 1.82) is 0 Å². The van der Waals surface area contributed by atoms with Gasteiger partial charge in [0.15, 0.2) is 0 Å². The number of nitrogens with zero attached hydrogens (tertiary/aromatic N) is 2. The van der Waals surface area contributed by atoms with Crippen LogP contribution in [0.3, 0.4) is 0 Å². The summed E-state index contributed by atoms with van der Waals surface area (Å²) in [5, 5.41) is 4.12. The van der Waals surface area contributed by atoms with E-state index in [0.29, 0.717) is 12.2 Å². The van der Waals surface area contributed by atoms with Gasteiger partial charge in [-0.15, -0.1) is 0 Å². The topological polar surface area (TPSA) is 73.2 Å². The molecule has 10 heteroatoms. The Morgan fingerprint density at radius 3 is 2.59 bits per heavy atom. The Bertz CT molecular complexity index is 858. The minimum Gasteiger partial charge on any atom is -0.376 e. The molecular formula is C17H20F3N3O3S. The Hall–Kier alpha value is -2.07. The summed E-state index contributed by atoms with van der Waals surface area (Å²) in [6.07, 6.45) is 1.66. The van der Waals surface area contributed by atoms with E-state index in [2.05, 4.69) is 9.82 Å². The van der Waals surface area contributed by atoms with Crippen molar-refractivity contribution in [3.8, 4) is 0 Å². The second-order valence-electron chi connectivity index (χ2n) is 6.50. The molecule has 1 N–H and O–H groups in total. The van der Waals surface area contributed by atoms with Gasteiger partial charge in [-0.25, -0.2) is 8.42 Å². The van der Waals surface area contributed by atoms with E-state index < -0.39 is 27.5 Å². The molecule has 0 saturated carbocycles. The van der Waals surface area contributed by atoms with Crippen LogP contribution in [0.5, 0.6) is 0 Å². The molecule has 1 aromatic carbocycles. The van der Waals surface area contributed by atoms with Crippen molar-refractivity contribution >= 4 is 15.7 Å². The first-order valence-electron chi connectivity index (χ1n) is 8.52. The SMILES string of the molecule is O=S(=O)(Cc1ccc(C(F)(F)F)cc1)Nc1cnn(C[C@@H]2CCCCO2)c1. The zero-order chi connectivity index (χ0) is 19.5. The predicted molar refractivity (Wildman–Crippen MR) is 93.5 cm³/mol. The fourth-order valence-electron chi connectivity index (χ4n) is 2.90. The Balaban J connectivity index is 1.59. The molecule has 1 aliphatic rings. The Kier molecular flexibility index (Phi) is 5.75. The average Bonchev–Trinajstić information content (AvgIpc) is 3.01. The van der Waals surface area contributed by atoms with Gasteiger partial charge in [-0.05, 0) is 37.0 Å². The van der Waals surface area contributed by atoms with Crippen LogP contribution in [0.25, 0.3) is 0 Å². The van der Waals surface area contributed by atoms with Crippen molar-refractivity contribution in [2.24, 2.45) is 0 Å². The second-order valence-corrected chi connectivity index (χ2v) is 8.22. The largest absolute Gasteiger partial charge is 0.416 e. The van der Waals surface area contributed by atoms with Crippen LogP contribution in [-0.4, -0.2) is 30.9 Å². The fourth-order valence-corrected chi connectivity index (χ4v) is 4.07. The molecule has 148 valence electrons. The highest BCUT2D eigenvalue weighted by Gasteiger charge is 2.30. The van der Waals surface area contributed by atoms with Gasteiger partial charge in [-0.3, -0.25) is 9.40 Å². The highest BCUT2D eigenvalue weighted by molar-refractivity contribution is 7.91. The molecule has 0 bridgehead atoms. The van der Waals surface area contributed by atoms with Crippen molar-refractivity contribution < 1.29 is 26.3 Å². The highest BCUT2D eigenvalue weighted by Crippen LogP contribution is 2.29. The van der Waals surface area contributed by atoms with Crippen molar-refractivity contribution in [3.63, 3.8) is 0 Å². The monoisotopic (exact) mass is 403 g/mol. The van der Waals surface area contributed by atoms with Gasteiger partial charge >= 0.3 is 6.18 Å². The number of alkyl halides is 3. The molecule has 1 saturated heterocycles. The normalized spacial score (nSPS) is 18.4. The van der Waals surface area contributed by atoms with Gasteiger partial charge in [-0.2, -0.15) is 18.3 Å². The first kappa shape index (κ1) is 19.7. The van der Waals surface area contributed by atoms with Gasteiger partial charge in [-0.1, -0.05) is 12.1 Å². The molecule has 1 aromatic heterocycles. The molecule has 2 aromatic rings. The first-order chi connectivity index (χ1) is 12.7. The quantitative estimate of drug-likeness (QED) is 0.802. The van der Waals surface area contributed by atoms with E-state index in [1.165, 1.54) is 6.20 Å². The molecule has 3 rings (SSSR count). The number of aromatic nitrogens is 2. The zero-order valence-electron chi connectivity index (χ0n) is 14.4. The molecule has 27 heavy (non-hydrogen) atoms. The van der Waals surface area contributed by atoms with Gasteiger partial charge in [0, 0.05) is 12.8 Å². The number of halogens is 3. The lowest BCUT2D eigenvalue weighted by Crippen LogP contribution is -2.24. The summed E-state index contributed by atoms with van der Waals surface area (Å²) in [5.41, 5.74) is -0.251. The molecule has 0 amide bonds. The minimum atomic E-state index is -4.45. The molecule has 0 radical (unpaired) electrons. The van der Waals surface area contributed by atoms with E-state index in [4.69, 9.17) is 4.74 Å². The molecule has 0 spiro atoms. The molecular weight excluding hydrogens is 383 g/mol. The van der Waals surface area contributed by atoms with Crippen LogP contribution in [0.1, 0.15) is 30.4 Å². The fraction of sp³-hybridized carbons (Fsp3) is 0.471. The van der Waals surface area contributed by atoms with Crippen molar-refractivity contribution in [1.82, 2.24) is 9.78 Å². The Morgan fingerprint density at radius 2 is 1.96 bits per heavy atom. The van der Waals surface area contributed by atoms with Crippen molar-refractivity contribution in [2.45, 2.75) is 43.8 Å². The number of rotatable bonds is 6.